The van der Waals surface area contributed by atoms with Crippen LogP contribution in [0.1, 0.15) is 31.0 Å². The fourth-order valence-electron chi connectivity index (χ4n) is 1.84. The van der Waals surface area contributed by atoms with Crippen molar-refractivity contribution in [3.8, 4) is 0 Å². The van der Waals surface area contributed by atoms with Crippen LogP contribution in [0, 0.1) is 0 Å². The van der Waals surface area contributed by atoms with Gasteiger partial charge >= 0.3 is 0 Å². The molecule has 4 nitrogen and oxygen atoms in total. The molecule has 5 heteroatoms. The first kappa shape index (κ1) is 13.6. The van der Waals surface area contributed by atoms with E-state index in [4.69, 9.17) is 11.6 Å². The Kier molecular flexibility index (Phi) is 4.22. The Morgan fingerprint density at radius 1 is 1.37 bits per heavy atom. The third-order valence-corrected chi connectivity index (χ3v) is 3.43. The molecule has 1 aromatic carbocycles. The van der Waals surface area contributed by atoms with Crippen LogP contribution in [0.25, 0.3) is 0 Å². The number of hydrogen-bond acceptors (Lipinski definition) is 3. The van der Waals surface area contributed by atoms with Crippen molar-refractivity contribution in [3.63, 3.8) is 0 Å². The lowest BCUT2D eigenvalue weighted by atomic mass is 10.0. The van der Waals surface area contributed by atoms with Crippen molar-refractivity contribution in [1.82, 2.24) is 10.2 Å². The SMILES string of the molecule is CCc1ccc(C(C)Nc2cn[nH]c(=O)c2Cl)cc1. The highest BCUT2D eigenvalue weighted by Crippen LogP contribution is 2.22. The third-order valence-electron chi connectivity index (χ3n) is 3.06. The van der Waals surface area contributed by atoms with Crippen LogP contribution < -0.4 is 10.9 Å². The number of rotatable bonds is 4. The van der Waals surface area contributed by atoms with Gasteiger partial charge in [-0.3, -0.25) is 4.79 Å². The summed E-state index contributed by atoms with van der Waals surface area (Å²) in [4.78, 5) is 11.4. The summed E-state index contributed by atoms with van der Waals surface area (Å²) in [6.07, 6.45) is 2.53. The van der Waals surface area contributed by atoms with E-state index in [0.29, 0.717) is 5.69 Å². The minimum atomic E-state index is -0.389. The molecule has 0 fully saturated rings. The Bertz CT molecular complexity index is 607. The molecule has 2 aromatic rings. The molecule has 0 bridgehead atoms. The second kappa shape index (κ2) is 5.89. The third kappa shape index (κ3) is 3.15. The molecule has 1 aromatic heterocycles. The number of aryl methyl sites for hydroxylation is 1. The predicted octanol–water partition coefficient (Wildman–Crippen LogP) is 3.16. The van der Waals surface area contributed by atoms with Crippen molar-refractivity contribution >= 4 is 17.3 Å². The van der Waals surface area contributed by atoms with Gasteiger partial charge in [0.15, 0.2) is 0 Å². The Balaban J connectivity index is 2.18. The van der Waals surface area contributed by atoms with Crippen LogP contribution in [0.4, 0.5) is 5.69 Å². The van der Waals surface area contributed by atoms with Crippen LogP contribution in [0.2, 0.25) is 5.02 Å². The van der Waals surface area contributed by atoms with Crippen molar-refractivity contribution in [3.05, 3.63) is 57.0 Å². The summed E-state index contributed by atoms with van der Waals surface area (Å²) in [6, 6.07) is 8.40. The lowest BCUT2D eigenvalue weighted by Gasteiger charge is -2.16. The summed E-state index contributed by atoms with van der Waals surface area (Å²) in [5, 5.41) is 9.35. The van der Waals surface area contributed by atoms with Gasteiger partial charge in [0.2, 0.25) is 0 Å². The highest BCUT2D eigenvalue weighted by molar-refractivity contribution is 6.32. The van der Waals surface area contributed by atoms with Gasteiger partial charge in [-0.1, -0.05) is 42.8 Å². The zero-order chi connectivity index (χ0) is 13.8. The second-order valence-corrected chi connectivity index (χ2v) is 4.77. The molecule has 0 aliphatic heterocycles. The average Bonchev–Trinajstić information content (AvgIpc) is 2.44. The molecular formula is C14H16ClN3O. The van der Waals surface area contributed by atoms with E-state index in [1.165, 1.54) is 11.8 Å². The first-order chi connectivity index (χ1) is 9.11. The van der Waals surface area contributed by atoms with E-state index >= 15 is 0 Å². The van der Waals surface area contributed by atoms with Crippen molar-refractivity contribution in [2.75, 3.05) is 5.32 Å². The summed E-state index contributed by atoms with van der Waals surface area (Å²) in [7, 11) is 0. The largest absolute Gasteiger partial charge is 0.376 e. The first-order valence-corrected chi connectivity index (χ1v) is 6.58. The maximum Gasteiger partial charge on any atom is 0.285 e. The summed E-state index contributed by atoms with van der Waals surface area (Å²) in [6.45, 7) is 4.14. The van der Waals surface area contributed by atoms with Crippen LogP contribution >= 0.6 is 11.6 Å². The topological polar surface area (TPSA) is 57.8 Å². The average molecular weight is 278 g/mol. The molecule has 0 spiro atoms. The maximum atomic E-state index is 11.4. The van der Waals surface area contributed by atoms with Gasteiger partial charge in [-0.2, -0.15) is 5.10 Å². The molecule has 1 unspecified atom stereocenters. The Morgan fingerprint density at radius 3 is 2.68 bits per heavy atom. The Labute approximate surface area is 116 Å². The number of H-pyrrole nitrogens is 1. The van der Waals surface area contributed by atoms with E-state index in [1.807, 2.05) is 6.92 Å². The van der Waals surface area contributed by atoms with Gasteiger partial charge < -0.3 is 5.32 Å². The summed E-state index contributed by atoms with van der Waals surface area (Å²) in [5.74, 6) is 0. The molecule has 0 saturated heterocycles. The Hall–Kier alpha value is -1.81. The normalized spacial score (nSPS) is 12.2. The van der Waals surface area contributed by atoms with Gasteiger partial charge in [0.05, 0.1) is 11.9 Å². The summed E-state index contributed by atoms with van der Waals surface area (Å²) < 4.78 is 0. The number of halogens is 1. The van der Waals surface area contributed by atoms with Crippen LogP contribution in [-0.4, -0.2) is 10.2 Å². The smallest absolute Gasteiger partial charge is 0.285 e. The van der Waals surface area contributed by atoms with Crippen molar-refractivity contribution in [2.45, 2.75) is 26.3 Å². The molecule has 100 valence electrons. The summed E-state index contributed by atoms with van der Waals surface area (Å²) >= 11 is 5.93. The minimum absolute atomic E-state index is 0.0482. The van der Waals surface area contributed by atoms with Gasteiger partial charge in [-0.25, -0.2) is 5.10 Å². The first-order valence-electron chi connectivity index (χ1n) is 6.20. The van der Waals surface area contributed by atoms with Crippen molar-refractivity contribution in [2.24, 2.45) is 0 Å². The van der Waals surface area contributed by atoms with E-state index in [9.17, 15) is 4.79 Å². The molecule has 0 aliphatic carbocycles. The number of aromatic nitrogens is 2. The zero-order valence-corrected chi connectivity index (χ0v) is 11.7. The quantitative estimate of drug-likeness (QED) is 0.902. The zero-order valence-electron chi connectivity index (χ0n) is 10.9. The van der Waals surface area contributed by atoms with Crippen molar-refractivity contribution < 1.29 is 0 Å². The molecule has 0 saturated carbocycles. The van der Waals surface area contributed by atoms with Crippen molar-refractivity contribution in [1.29, 1.82) is 0 Å². The lowest BCUT2D eigenvalue weighted by Crippen LogP contribution is -2.14. The molecule has 0 radical (unpaired) electrons. The van der Waals surface area contributed by atoms with Gasteiger partial charge in [-0.15, -0.1) is 0 Å². The van der Waals surface area contributed by atoms with E-state index in [-0.39, 0.29) is 16.6 Å². The molecule has 0 amide bonds. The van der Waals surface area contributed by atoms with Crippen LogP contribution in [0.15, 0.2) is 35.3 Å². The monoisotopic (exact) mass is 277 g/mol. The maximum absolute atomic E-state index is 11.4. The summed E-state index contributed by atoms with van der Waals surface area (Å²) in [5.41, 5.74) is 2.58. The number of nitrogens with one attached hydrogen (secondary N) is 2. The standard InChI is InChI=1S/C14H16ClN3O/c1-3-10-4-6-11(7-5-10)9(2)17-12-8-16-18-14(19)13(12)15/h4-9H,3H2,1-2H3,(H2,17,18,19). The number of benzene rings is 1. The fraction of sp³-hybridized carbons (Fsp3) is 0.286. The predicted molar refractivity (Wildman–Crippen MR) is 77.7 cm³/mol. The molecule has 0 aliphatic rings. The van der Waals surface area contributed by atoms with Gasteiger partial charge in [0.1, 0.15) is 5.02 Å². The molecular weight excluding hydrogens is 262 g/mol. The second-order valence-electron chi connectivity index (χ2n) is 4.39. The molecule has 1 heterocycles. The lowest BCUT2D eigenvalue weighted by molar-refractivity contribution is 0.873. The highest BCUT2D eigenvalue weighted by Gasteiger charge is 2.10. The number of hydrogen-bond donors (Lipinski definition) is 2. The van der Waals surface area contributed by atoms with E-state index < -0.39 is 0 Å². The molecule has 2 rings (SSSR count). The highest BCUT2D eigenvalue weighted by atomic mass is 35.5. The van der Waals surface area contributed by atoms with Crippen LogP contribution in [0.5, 0.6) is 0 Å². The van der Waals surface area contributed by atoms with E-state index in [0.717, 1.165) is 12.0 Å². The number of anilines is 1. The Morgan fingerprint density at radius 2 is 2.05 bits per heavy atom. The number of nitrogens with zero attached hydrogens (tertiary/aromatic N) is 1. The molecule has 19 heavy (non-hydrogen) atoms. The molecule has 2 N–H and O–H groups in total. The minimum Gasteiger partial charge on any atom is -0.376 e. The van der Waals surface area contributed by atoms with Crippen LogP contribution in [-0.2, 0) is 6.42 Å². The number of aromatic amines is 1. The van der Waals surface area contributed by atoms with Gasteiger partial charge in [0.25, 0.3) is 5.56 Å². The van der Waals surface area contributed by atoms with E-state index in [1.54, 1.807) is 0 Å². The van der Waals surface area contributed by atoms with E-state index in [2.05, 4.69) is 46.7 Å². The van der Waals surface area contributed by atoms with Crippen LogP contribution in [0.3, 0.4) is 0 Å². The molecule has 1 atom stereocenters. The fourth-order valence-corrected chi connectivity index (χ4v) is 1.99. The van der Waals surface area contributed by atoms with Gasteiger partial charge in [-0.05, 0) is 24.5 Å². The van der Waals surface area contributed by atoms with Gasteiger partial charge in [0, 0.05) is 6.04 Å².